The highest BCUT2D eigenvalue weighted by molar-refractivity contribution is 7.18. The topological polar surface area (TPSA) is 63.6 Å². The SMILES string of the molecule is c1ccc(-c2ccnc(Nc3nnc(-c4ccccn4)s3)c2)cc1. The fourth-order valence-electron chi connectivity index (χ4n) is 2.29. The highest BCUT2D eigenvalue weighted by Gasteiger charge is 2.08. The van der Waals surface area contributed by atoms with Crippen LogP contribution in [0.2, 0.25) is 0 Å². The van der Waals surface area contributed by atoms with E-state index in [1.54, 1.807) is 12.4 Å². The fourth-order valence-corrected chi connectivity index (χ4v) is 3.01. The summed E-state index contributed by atoms with van der Waals surface area (Å²) in [6, 6.07) is 19.9. The summed E-state index contributed by atoms with van der Waals surface area (Å²) in [6.45, 7) is 0. The molecule has 0 amide bonds. The normalized spacial score (nSPS) is 10.5. The molecule has 4 aromatic rings. The van der Waals surface area contributed by atoms with E-state index in [4.69, 9.17) is 0 Å². The van der Waals surface area contributed by atoms with Crippen LogP contribution in [0.4, 0.5) is 10.9 Å². The lowest BCUT2D eigenvalue weighted by atomic mass is 10.1. The molecule has 0 unspecified atom stereocenters. The predicted octanol–water partition coefficient (Wildman–Crippen LogP) is 4.41. The van der Waals surface area contributed by atoms with E-state index in [9.17, 15) is 0 Å². The van der Waals surface area contributed by atoms with Gasteiger partial charge < -0.3 is 5.32 Å². The molecule has 6 heteroatoms. The Bertz CT molecular complexity index is 938. The van der Waals surface area contributed by atoms with E-state index in [2.05, 4.69) is 37.6 Å². The Balaban J connectivity index is 1.57. The third-order valence-electron chi connectivity index (χ3n) is 3.41. The van der Waals surface area contributed by atoms with E-state index >= 15 is 0 Å². The van der Waals surface area contributed by atoms with Gasteiger partial charge in [-0.15, -0.1) is 10.2 Å². The van der Waals surface area contributed by atoms with Crippen LogP contribution in [0.5, 0.6) is 0 Å². The summed E-state index contributed by atoms with van der Waals surface area (Å²) >= 11 is 1.45. The largest absolute Gasteiger partial charge is 0.315 e. The molecule has 1 aromatic carbocycles. The first-order valence-corrected chi connectivity index (χ1v) is 8.23. The average Bonchev–Trinajstić information content (AvgIpc) is 3.12. The van der Waals surface area contributed by atoms with E-state index in [-0.39, 0.29) is 0 Å². The van der Waals surface area contributed by atoms with Crippen molar-refractivity contribution < 1.29 is 0 Å². The summed E-state index contributed by atoms with van der Waals surface area (Å²) in [7, 11) is 0. The molecule has 4 rings (SSSR count). The smallest absolute Gasteiger partial charge is 0.211 e. The lowest BCUT2D eigenvalue weighted by Crippen LogP contribution is -1.93. The molecule has 0 saturated heterocycles. The second-order valence-corrected chi connectivity index (χ2v) is 6.03. The third-order valence-corrected chi connectivity index (χ3v) is 4.27. The number of benzene rings is 1. The van der Waals surface area contributed by atoms with Gasteiger partial charge in [0.1, 0.15) is 11.5 Å². The van der Waals surface area contributed by atoms with E-state index in [1.807, 2.05) is 48.5 Å². The van der Waals surface area contributed by atoms with Crippen molar-refractivity contribution in [3.8, 4) is 21.8 Å². The third kappa shape index (κ3) is 3.13. The molecular weight excluding hydrogens is 318 g/mol. The number of pyridine rings is 2. The summed E-state index contributed by atoms with van der Waals surface area (Å²) in [6.07, 6.45) is 3.53. The van der Waals surface area contributed by atoms with Gasteiger partial charge in [0, 0.05) is 12.4 Å². The van der Waals surface area contributed by atoms with Crippen molar-refractivity contribution >= 4 is 22.3 Å². The second-order valence-electron chi connectivity index (χ2n) is 5.05. The van der Waals surface area contributed by atoms with Crippen LogP contribution in [0.1, 0.15) is 0 Å². The van der Waals surface area contributed by atoms with Crippen LogP contribution in [0.25, 0.3) is 21.8 Å². The summed E-state index contributed by atoms with van der Waals surface area (Å²) in [5, 5.41) is 13.0. The van der Waals surface area contributed by atoms with Crippen LogP contribution in [0.3, 0.4) is 0 Å². The predicted molar refractivity (Wildman–Crippen MR) is 96.1 cm³/mol. The van der Waals surface area contributed by atoms with Gasteiger partial charge in [-0.2, -0.15) is 0 Å². The van der Waals surface area contributed by atoms with Gasteiger partial charge in [0.05, 0.1) is 0 Å². The number of nitrogens with zero attached hydrogens (tertiary/aromatic N) is 4. The van der Waals surface area contributed by atoms with Gasteiger partial charge >= 0.3 is 0 Å². The Morgan fingerprint density at radius 2 is 1.62 bits per heavy atom. The zero-order valence-corrected chi connectivity index (χ0v) is 13.4. The van der Waals surface area contributed by atoms with Gasteiger partial charge in [0.25, 0.3) is 0 Å². The molecule has 0 aliphatic carbocycles. The summed E-state index contributed by atoms with van der Waals surface area (Å²) in [5.41, 5.74) is 3.06. The van der Waals surface area contributed by atoms with Crippen molar-refractivity contribution in [1.82, 2.24) is 20.2 Å². The second kappa shape index (κ2) is 6.55. The quantitative estimate of drug-likeness (QED) is 0.600. The molecule has 1 N–H and O–H groups in total. The number of hydrogen-bond donors (Lipinski definition) is 1. The molecule has 116 valence electrons. The van der Waals surface area contributed by atoms with Crippen molar-refractivity contribution in [2.24, 2.45) is 0 Å². The molecule has 0 bridgehead atoms. The van der Waals surface area contributed by atoms with Gasteiger partial charge in [-0.1, -0.05) is 47.7 Å². The minimum absolute atomic E-state index is 0.688. The average molecular weight is 331 g/mol. The Morgan fingerprint density at radius 1 is 0.750 bits per heavy atom. The van der Waals surface area contributed by atoms with Crippen molar-refractivity contribution in [2.75, 3.05) is 5.32 Å². The highest BCUT2D eigenvalue weighted by Crippen LogP contribution is 2.27. The first-order chi connectivity index (χ1) is 11.9. The van der Waals surface area contributed by atoms with Crippen LogP contribution in [0.15, 0.2) is 73.1 Å². The molecule has 0 saturated carbocycles. The van der Waals surface area contributed by atoms with Gasteiger partial charge in [0.15, 0.2) is 5.01 Å². The minimum Gasteiger partial charge on any atom is -0.315 e. The minimum atomic E-state index is 0.688. The molecule has 0 spiro atoms. The number of hydrogen-bond acceptors (Lipinski definition) is 6. The first-order valence-electron chi connectivity index (χ1n) is 7.42. The van der Waals surface area contributed by atoms with E-state index in [0.29, 0.717) is 5.13 Å². The summed E-state index contributed by atoms with van der Waals surface area (Å²) in [5.74, 6) is 0.736. The monoisotopic (exact) mass is 331 g/mol. The maximum atomic E-state index is 4.35. The summed E-state index contributed by atoms with van der Waals surface area (Å²) in [4.78, 5) is 8.64. The maximum Gasteiger partial charge on any atom is 0.211 e. The number of anilines is 2. The van der Waals surface area contributed by atoms with Crippen molar-refractivity contribution in [3.63, 3.8) is 0 Å². The Labute approximate surface area is 143 Å². The molecule has 3 aromatic heterocycles. The molecule has 0 atom stereocenters. The molecule has 0 fully saturated rings. The van der Waals surface area contributed by atoms with Gasteiger partial charge in [0.2, 0.25) is 5.13 Å². The fraction of sp³-hybridized carbons (Fsp3) is 0. The summed E-state index contributed by atoms with van der Waals surface area (Å²) < 4.78 is 0. The number of aromatic nitrogens is 4. The standard InChI is InChI=1S/C18H13N5S/c1-2-6-13(7-3-1)14-9-11-20-16(12-14)21-18-23-22-17(24-18)15-8-4-5-10-19-15/h1-12H,(H,20,21,23). The molecule has 3 heterocycles. The van der Waals surface area contributed by atoms with Crippen molar-refractivity contribution in [3.05, 3.63) is 73.1 Å². The molecule has 24 heavy (non-hydrogen) atoms. The lowest BCUT2D eigenvalue weighted by molar-refractivity contribution is 1.08. The number of nitrogens with one attached hydrogen (secondary N) is 1. The molecule has 0 aliphatic heterocycles. The van der Waals surface area contributed by atoms with E-state index in [1.165, 1.54) is 11.3 Å². The Kier molecular flexibility index (Phi) is 3.95. The van der Waals surface area contributed by atoms with Gasteiger partial charge in [-0.05, 0) is 35.4 Å². The lowest BCUT2D eigenvalue weighted by Gasteiger charge is -2.04. The number of rotatable bonds is 4. The molecule has 5 nitrogen and oxygen atoms in total. The first kappa shape index (κ1) is 14.5. The van der Waals surface area contributed by atoms with Crippen molar-refractivity contribution in [2.45, 2.75) is 0 Å². The van der Waals surface area contributed by atoms with Crippen LogP contribution in [-0.4, -0.2) is 20.2 Å². The van der Waals surface area contributed by atoms with E-state index < -0.39 is 0 Å². The van der Waals surface area contributed by atoms with Crippen LogP contribution >= 0.6 is 11.3 Å². The Morgan fingerprint density at radius 3 is 2.46 bits per heavy atom. The molecular formula is C18H13N5S. The van der Waals surface area contributed by atoms with Gasteiger partial charge in [-0.3, -0.25) is 4.98 Å². The van der Waals surface area contributed by atoms with Crippen LogP contribution in [-0.2, 0) is 0 Å². The van der Waals surface area contributed by atoms with E-state index in [0.717, 1.165) is 27.6 Å². The van der Waals surface area contributed by atoms with Crippen LogP contribution < -0.4 is 5.32 Å². The molecule has 0 radical (unpaired) electrons. The van der Waals surface area contributed by atoms with Crippen LogP contribution in [0, 0.1) is 0 Å². The van der Waals surface area contributed by atoms with Gasteiger partial charge in [-0.25, -0.2) is 4.98 Å². The zero-order chi connectivity index (χ0) is 16.2. The zero-order valence-electron chi connectivity index (χ0n) is 12.6. The maximum absolute atomic E-state index is 4.35. The molecule has 0 aliphatic rings. The highest BCUT2D eigenvalue weighted by atomic mass is 32.1. The van der Waals surface area contributed by atoms with Crippen molar-refractivity contribution in [1.29, 1.82) is 0 Å². The Hall–Kier alpha value is -3.12.